The fraction of sp³-hybridized carbons (Fsp3) is 0.607. The van der Waals surface area contributed by atoms with Crippen molar-refractivity contribution in [1.29, 1.82) is 0 Å². The second kappa shape index (κ2) is 8.62. The van der Waals surface area contributed by atoms with Crippen LogP contribution in [0.5, 0.6) is 0 Å². The second-order valence-electron chi connectivity index (χ2n) is 12.2. The molecular weight excluding hydrogens is 472 g/mol. The first-order valence-corrected chi connectivity index (χ1v) is 14.9. The van der Waals surface area contributed by atoms with Crippen molar-refractivity contribution in [2.45, 2.75) is 71.1 Å². The van der Waals surface area contributed by atoms with Crippen molar-refractivity contribution >= 4 is 21.7 Å². The highest BCUT2D eigenvalue weighted by Crippen LogP contribution is 2.66. The molecule has 1 amide bonds. The lowest BCUT2D eigenvalue weighted by Gasteiger charge is -2.61. The van der Waals surface area contributed by atoms with Crippen LogP contribution in [-0.4, -0.2) is 35.1 Å². The Morgan fingerprint density at radius 1 is 1.06 bits per heavy atom. The first-order chi connectivity index (χ1) is 17.2. The summed E-state index contributed by atoms with van der Waals surface area (Å²) >= 11 is 0. The summed E-state index contributed by atoms with van der Waals surface area (Å²) in [7, 11) is -3.48. The van der Waals surface area contributed by atoms with E-state index in [1.54, 1.807) is 0 Å². The number of benzene rings is 1. The predicted octanol–water partition coefficient (Wildman–Crippen LogP) is 4.55. The van der Waals surface area contributed by atoms with Gasteiger partial charge in [0.25, 0.3) is 0 Å². The summed E-state index contributed by atoms with van der Waals surface area (Å²) in [6.07, 6.45) is 9.46. The highest BCUT2D eigenvalue weighted by atomic mass is 32.2. The molecule has 192 valence electrons. The van der Waals surface area contributed by atoms with Gasteiger partial charge in [-0.05, 0) is 73.7 Å². The third-order valence-corrected chi connectivity index (χ3v) is 11.5. The molecule has 0 atom stereocenters. The number of hydrogen-bond acceptors (Lipinski definition) is 5. The number of carbonyl (C=O) groups is 1. The van der Waals surface area contributed by atoms with Gasteiger partial charge in [-0.2, -0.15) is 4.31 Å². The minimum Gasteiger partial charge on any atom is -0.310 e. The molecule has 36 heavy (non-hydrogen) atoms. The van der Waals surface area contributed by atoms with Gasteiger partial charge in [0.2, 0.25) is 15.9 Å². The van der Waals surface area contributed by atoms with E-state index in [1.807, 2.05) is 30.3 Å². The number of carbonyl (C=O) groups excluding carboxylic acids is 1. The van der Waals surface area contributed by atoms with Gasteiger partial charge in [0.1, 0.15) is 12.1 Å². The van der Waals surface area contributed by atoms with Crippen LogP contribution in [0, 0.1) is 28.6 Å². The molecule has 2 aromatic rings. The number of anilines is 1. The summed E-state index contributed by atoms with van der Waals surface area (Å²) in [4.78, 5) is 22.6. The molecule has 8 heteroatoms. The Bertz CT molecular complexity index is 1240. The summed E-state index contributed by atoms with van der Waals surface area (Å²) in [6, 6.07) is 9.24. The zero-order valence-electron chi connectivity index (χ0n) is 21.2. The molecule has 1 N–H and O–H groups in total. The standard InChI is InChI=1S/C28H36N4O3S/c1-27(2,28-13-20-10-21(14-28)12-22(11-20)15-28)26(33)31-25-23-8-9-32(16-24(23)29-18-30-25)36(34,35)17-19-6-4-3-5-7-19/h3-7,18,20-22H,8-17H2,1-2H3,(H,29,30,31,33). The van der Waals surface area contributed by atoms with Gasteiger partial charge in [-0.3, -0.25) is 4.79 Å². The minimum absolute atomic E-state index is 0.0307. The fourth-order valence-electron chi connectivity index (χ4n) is 7.93. The smallest absolute Gasteiger partial charge is 0.231 e. The van der Waals surface area contributed by atoms with E-state index in [-0.39, 0.29) is 23.6 Å². The average molecular weight is 509 g/mol. The lowest BCUT2D eigenvalue weighted by atomic mass is 9.43. The molecule has 5 aliphatic rings. The second-order valence-corrected chi connectivity index (χ2v) is 14.2. The van der Waals surface area contributed by atoms with E-state index < -0.39 is 15.4 Å². The van der Waals surface area contributed by atoms with Crippen molar-refractivity contribution in [3.05, 3.63) is 53.5 Å². The van der Waals surface area contributed by atoms with Crippen LogP contribution >= 0.6 is 0 Å². The Hall–Kier alpha value is -2.32. The van der Waals surface area contributed by atoms with E-state index in [0.29, 0.717) is 24.5 Å². The van der Waals surface area contributed by atoms with Gasteiger partial charge in [0.05, 0.1) is 18.0 Å². The molecule has 7 nitrogen and oxygen atoms in total. The number of sulfonamides is 1. The zero-order chi connectivity index (χ0) is 25.1. The Morgan fingerprint density at radius 2 is 1.69 bits per heavy atom. The van der Waals surface area contributed by atoms with E-state index >= 15 is 0 Å². The number of nitrogens with one attached hydrogen (secondary N) is 1. The van der Waals surface area contributed by atoms with E-state index in [4.69, 9.17) is 0 Å². The van der Waals surface area contributed by atoms with Crippen molar-refractivity contribution < 1.29 is 13.2 Å². The van der Waals surface area contributed by atoms with Crippen molar-refractivity contribution in [1.82, 2.24) is 14.3 Å². The van der Waals surface area contributed by atoms with Gasteiger partial charge >= 0.3 is 0 Å². The normalized spacial score (nSPS) is 29.7. The topological polar surface area (TPSA) is 92.3 Å². The maximum Gasteiger partial charge on any atom is 0.231 e. The van der Waals surface area contributed by atoms with Crippen molar-refractivity contribution in [2.75, 3.05) is 11.9 Å². The zero-order valence-corrected chi connectivity index (χ0v) is 22.1. The van der Waals surface area contributed by atoms with E-state index in [9.17, 15) is 13.2 Å². The van der Waals surface area contributed by atoms with E-state index in [0.717, 1.165) is 48.1 Å². The molecule has 1 aromatic heterocycles. The highest BCUT2D eigenvalue weighted by molar-refractivity contribution is 7.88. The molecular formula is C28H36N4O3S. The van der Waals surface area contributed by atoms with Gasteiger partial charge in [-0.15, -0.1) is 0 Å². The molecule has 1 aliphatic heterocycles. The number of rotatable bonds is 6. The molecule has 4 fully saturated rings. The third kappa shape index (κ3) is 4.06. The first kappa shape index (κ1) is 24.0. The van der Waals surface area contributed by atoms with Crippen molar-refractivity contribution in [2.24, 2.45) is 28.6 Å². The van der Waals surface area contributed by atoms with Gasteiger partial charge < -0.3 is 5.32 Å². The number of hydrogen-bond donors (Lipinski definition) is 1. The maximum absolute atomic E-state index is 13.8. The Kier molecular flexibility index (Phi) is 5.76. The van der Waals surface area contributed by atoms with E-state index in [1.165, 1.54) is 29.9 Å². The number of fused-ring (bicyclic) bond motifs is 1. The summed E-state index contributed by atoms with van der Waals surface area (Å²) < 4.78 is 27.7. The van der Waals surface area contributed by atoms with Crippen LogP contribution in [0.25, 0.3) is 0 Å². The predicted molar refractivity (Wildman–Crippen MR) is 138 cm³/mol. The van der Waals surface area contributed by atoms with Crippen molar-refractivity contribution in [3.63, 3.8) is 0 Å². The minimum atomic E-state index is -3.48. The summed E-state index contributed by atoms with van der Waals surface area (Å²) in [5.41, 5.74) is 1.89. The number of aromatic nitrogens is 2. The van der Waals surface area contributed by atoms with Crippen LogP contribution in [0.1, 0.15) is 69.2 Å². The third-order valence-electron chi connectivity index (χ3n) is 9.72. The largest absolute Gasteiger partial charge is 0.310 e. The molecule has 4 saturated carbocycles. The molecule has 2 heterocycles. The maximum atomic E-state index is 13.8. The van der Waals surface area contributed by atoms with Crippen LogP contribution in [0.3, 0.4) is 0 Å². The summed E-state index contributed by atoms with van der Waals surface area (Å²) in [6.45, 7) is 4.81. The number of nitrogens with zero attached hydrogens (tertiary/aromatic N) is 3. The molecule has 7 rings (SSSR count). The Balaban J connectivity index is 1.19. The fourth-order valence-corrected chi connectivity index (χ4v) is 9.42. The van der Waals surface area contributed by atoms with E-state index in [2.05, 4.69) is 29.1 Å². The molecule has 4 aliphatic carbocycles. The lowest BCUT2D eigenvalue weighted by molar-refractivity contribution is -0.151. The quantitative estimate of drug-likeness (QED) is 0.618. The summed E-state index contributed by atoms with van der Waals surface area (Å²) in [5.74, 6) is 2.88. The van der Waals surface area contributed by atoms with Crippen LogP contribution in [-0.2, 0) is 33.5 Å². The SMILES string of the molecule is CC(C)(C(=O)Nc1ncnc2c1CCN(S(=O)(=O)Cc1ccccc1)C2)C12CC3CC(CC(C3)C1)C2. The highest BCUT2D eigenvalue weighted by Gasteiger charge is 2.59. The van der Waals surface area contributed by atoms with Gasteiger partial charge in [0, 0.05) is 17.5 Å². The molecule has 0 spiro atoms. The first-order valence-electron chi connectivity index (χ1n) is 13.3. The van der Waals surface area contributed by atoms with Gasteiger partial charge in [-0.25, -0.2) is 18.4 Å². The Morgan fingerprint density at radius 3 is 2.33 bits per heavy atom. The lowest BCUT2D eigenvalue weighted by Crippen LogP contribution is -2.56. The van der Waals surface area contributed by atoms with Crippen molar-refractivity contribution in [3.8, 4) is 0 Å². The molecule has 0 radical (unpaired) electrons. The van der Waals surface area contributed by atoms with Gasteiger partial charge in [-0.1, -0.05) is 44.2 Å². The molecule has 1 aromatic carbocycles. The molecule has 4 bridgehead atoms. The molecule has 0 saturated heterocycles. The Labute approximate surface area is 214 Å². The van der Waals surface area contributed by atoms with Crippen LogP contribution in [0.2, 0.25) is 0 Å². The van der Waals surface area contributed by atoms with Crippen LogP contribution in [0.4, 0.5) is 5.82 Å². The van der Waals surface area contributed by atoms with Crippen LogP contribution in [0.15, 0.2) is 36.7 Å². The average Bonchev–Trinajstić information content (AvgIpc) is 2.83. The molecule has 0 unspecified atom stereocenters. The number of amides is 1. The monoisotopic (exact) mass is 508 g/mol. The van der Waals surface area contributed by atoms with Crippen LogP contribution < -0.4 is 5.32 Å². The summed E-state index contributed by atoms with van der Waals surface area (Å²) in [5, 5.41) is 3.17. The van der Waals surface area contributed by atoms with Gasteiger partial charge in [0.15, 0.2) is 0 Å².